The van der Waals surface area contributed by atoms with Crippen LogP contribution in [0.5, 0.6) is 0 Å². The van der Waals surface area contributed by atoms with Crippen molar-refractivity contribution in [2.75, 3.05) is 0 Å². The summed E-state index contributed by atoms with van der Waals surface area (Å²) in [5, 5.41) is 20.6. The molecule has 0 bridgehead atoms. The number of hydrogen-bond donors (Lipinski definition) is 2. The molecule has 17 heavy (non-hydrogen) atoms. The Morgan fingerprint density at radius 3 is 2.59 bits per heavy atom. The Morgan fingerprint density at radius 1 is 1.35 bits per heavy atom. The van der Waals surface area contributed by atoms with E-state index in [4.69, 9.17) is 0 Å². The van der Waals surface area contributed by atoms with Crippen LogP contribution in [0.2, 0.25) is 0 Å². The zero-order valence-corrected chi connectivity index (χ0v) is 11.4. The van der Waals surface area contributed by atoms with Gasteiger partial charge < -0.3 is 10.2 Å². The van der Waals surface area contributed by atoms with Crippen molar-refractivity contribution in [3.63, 3.8) is 0 Å². The van der Waals surface area contributed by atoms with Gasteiger partial charge in [-0.2, -0.15) is 0 Å². The molecule has 2 nitrogen and oxygen atoms in total. The molecular weight excluding hydrogens is 212 g/mol. The molecule has 0 aromatic carbocycles. The minimum absolute atomic E-state index is 0.296. The van der Waals surface area contributed by atoms with Crippen molar-refractivity contribution in [2.45, 2.75) is 64.1 Å². The molecule has 98 valence electrons. The lowest BCUT2D eigenvalue weighted by molar-refractivity contribution is -0.0875. The third-order valence-corrected chi connectivity index (χ3v) is 4.91. The first-order valence-corrected chi connectivity index (χ1v) is 6.83. The van der Waals surface area contributed by atoms with Crippen LogP contribution in [0, 0.1) is 17.8 Å². The third-order valence-electron chi connectivity index (χ3n) is 4.91. The Kier molecular flexibility index (Phi) is 3.16. The van der Waals surface area contributed by atoms with Crippen molar-refractivity contribution in [3.05, 3.63) is 12.2 Å². The van der Waals surface area contributed by atoms with Gasteiger partial charge in [0.2, 0.25) is 0 Å². The zero-order valence-electron chi connectivity index (χ0n) is 11.4. The van der Waals surface area contributed by atoms with Crippen LogP contribution in [-0.2, 0) is 0 Å². The highest BCUT2D eigenvalue weighted by atomic mass is 16.3. The van der Waals surface area contributed by atoms with E-state index in [0.29, 0.717) is 17.8 Å². The van der Waals surface area contributed by atoms with Crippen LogP contribution < -0.4 is 0 Å². The van der Waals surface area contributed by atoms with Gasteiger partial charge in [0, 0.05) is 0 Å². The van der Waals surface area contributed by atoms with Crippen molar-refractivity contribution in [1.82, 2.24) is 0 Å². The molecule has 0 heterocycles. The maximum absolute atomic E-state index is 10.3. The summed E-state index contributed by atoms with van der Waals surface area (Å²) in [6.07, 6.45) is 4.76. The first-order chi connectivity index (χ1) is 7.71. The molecule has 2 N–H and O–H groups in total. The largest absolute Gasteiger partial charge is 0.390 e. The topological polar surface area (TPSA) is 40.5 Å². The molecule has 2 aliphatic carbocycles. The summed E-state index contributed by atoms with van der Waals surface area (Å²) in [4.78, 5) is 0. The molecule has 0 aromatic rings. The summed E-state index contributed by atoms with van der Waals surface area (Å²) >= 11 is 0. The maximum Gasteiger partial charge on any atom is 0.0623 e. The lowest BCUT2D eigenvalue weighted by Crippen LogP contribution is -2.48. The first kappa shape index (κ1) is 13.1. The average molecular weight is 238 g/mol. The van der Waals surface area contributed by atoms with Crippen LogP contribution in [0.1, 0.15) is 52.9 Å². The zero-order chi connectivity index (χ0) is 12.8. The lowest BCUT2D eigenvalue weighted by atomic mass is 9.57. The lowest BCUT2D eigenvalue weighted by Gasteiger charge is -2.50. The predicted molar refractivity (Wildman–Crippen MR) is 69.6 cm³/mol. The van der Waals surface area contributed by atoms with Crippen LogP contribution in [0.15, 0.2) is 12.2 Å². The van der Waals surface area contributed by atoms with E-state index in [9.17, 15) is 10.2 Å². The van der Waals surface area contributed by atoms with Gasteiger partial charge in [0.05, 0.1) is 11.2 Å². The number of allylic oxidation sites excluding steroid dienone is 1. The fourth-order valence-corrected chi connectivity index (χ4v) is 3.98. The third kappa shape index (κ3) is 2.58. The first-order valence-electron chi connectivity index (χ1n) is 6.83. The summed E-state index contributed by atoms with van der Waals surface area (Å²) in [5.74, 6) is 1.21. The summed E-state index contributed by atoms with van der Waals surface area (Å²) in [6, 6.07) is 0. The van der Waals surface area contributed by atoms with Gasteiger partial charge in [-0.15, -0.1) is 0 Å². The molecule has 4 atom stereocenters. The monoisotopic (exact) mass is 238 g/mol. The van der Waals surface area contributed by atoms with Crippen molar-refractivity contribution >= 4 is 0 Å². The standard InChI is InChI=1S/C15H26O2/c1-10-5-6-13(14(2,3)16)12-9-15(4,17)8-7-11(10)12/h11-13,16-17H,1,5-9H2,2-4H3/t11?,12?,13?,15-/m0/s1. The Labute approximate surface area is 105 Å². The average Bonchev–Trinajstić information content (AvgIpc) is 2.14. The van der Waals surface area contributed by atoms with E-state index in [2.05, 4.69) is 6.58 Å². The van der Waals surface area contributed by atoms with Gasteiger partial charge in [0.15, 0.2) is 0 Å². The Balaban J connectivity index is 2.24. The van der Waals surface area contributed by atoms with Gasteiger partial charge in [0.25, 0.3) is 0 Å². The number of rotatable bonds is 1. The second kappa shape index (κ2) is 4.10. The van der Waals surface area contributed by atoms with Crippen molar-refractivity contribution < 1.29 is 10.2 Å². The molecule has 2 fully saturated rings. The Hall–Kier alpha value is -0.340. The molecule has 3 unspecified atom stereocenters. The predicted octanol–water partition coefficient (Wildman–Crippen LogP) is 2.89. The number of hydrogen-bond acceptors (Lipinski definition) is 2. The van der Waals surface area contributed by atoms with Crippen molar-refractivity contribution in [1.29, 1.82) is 0 Å². The number of aliphatic hydroxyl groups is 2. The summed E-state index contributed by atoms with van der Waals surface area (Å²) in [7, 11) is 0. The molecule has 2 aliphatic rings. The van der Waals surface area contributed by atoms with Gasteiger partial charge in [0.1, 0.15) is 0 Å². The molecule has 0 aromatic heterocycles. The summed E-state index contributed by atoms with van der Waals surface area (Å²) in [6.45, 7) is 9.95. The van der Waals surface area contributed by atoms with E-state index in [1.54, 1.807) is 0 Å². The van der Waals surface area contributed by atoms with Crippen LogP contribution >= 0.6 is 0 Å². The van der Waals surface area contributed by atoms with Crippen LogP contribution in [0.4, 0.5) is 0 Å². The fourth-order valence-electron chi connectivity index (χ4n) is 3.98. The van der Waals surface area contributed by atoms with E-state index < -0.39 is 11.2 Å². The molecule has 0 saturated heterocycles. The minimum Gasteiger partial charge on any atom is -0.390 e. The quantitative estimate of drug-likeness (QED) is 0.690. The fraction of sp³-hybridized carbons (Fsp3) is 0.867. The SMILES string of the molecule is C=C1CCC(C(C)(C)O)C2C[C@@](C)(O)CCC12. The van der Waals surface area contributed by atoms with Gasteiger partial charge in [-0.1, -0.05) is 12.2 Å². The second-order valence-corrected chi connectivity index (χ2v) is 6.97. The van der Waals surface area contributed by atoms with Crippen molar-refractivity contribution in [3.8, 4) is 0 Å². The normalized spacial score (nSPS) is 43.4. The molecule has 2 heteroatoms. The van der Waals surface area contributed by atoms with Crippen LogP contribution in [-0.4, -0.2) is 21.4 Å². The molecule has 0 aliphatic heterocycles. The van der Waals surface area contributed by atoms with Crippen LogP contribution in [0.25, 0.3) is 0 Å². The number of fused-ring (bicyclic) bond motifs is 1. The summed E-state index contributed by atoms with van der Waals surface area (Å²) < 4.78 is 0. The smallest absolute Gasteiger partial charge is 0.0623 e. The maximum atomic E-state index is 10.3. The molecule has 0 spiro atoms. The van der Waals surface area contributed by atoms with E-state index >= 15 is 0 Å². The van der Waals surface area contributed by atoms with Gasteiger partial charge in [-0.05, 0) is 70.6 Å². The molecule has 0 amide bonds. The molecule has 2 saturated carbocycles. The highest BCUT2D eigenvalue weighted by Gasteiger charge is 2.47. The van der Waals surface area contributed by atoms with E-state index in [1.807, 2.05) is 20.8 Å². The minimum atomic E-state index is -0.642. The molecule has 0 radical (unpaired) electrons. The van der Waals surface area contributed by atoms with Gasteiger partial charge in [-0.3, -0.25) is 0 Å². The highest BCUT2D eigenvalue weighted by Crippen LogP contribution is 2.51. The van der Waals surface area contributed by atoms with Crippen LogP contribution in [0.3, 0.4) is 0 Å². The summed E-state index contributed by atoms with van der Waals surface area (Å²) in [5.41, 5.74) is 0.144. The molecular formula is C15H26O2. The second-order valence-electron chi connectivity index (χ2n) is 6.97. The van der Waals surface area contributed by atoms with Gasteiger partial charge >= 0.3 is 0 Å². The van der Waals surface area contributed by atoms with Crippen molar-refractivity contribution in [2.24, 2.45) is 17.8 Å². The van der Waals surface area contributed by atoms with E-state index in [0.717, 1.165) is 32.1 Å². The Bertz CT molecular complexity index is 311. The Morgan fingerprint density at radius 2 is 2.00 bits per heavy atom. The van der Waals surface area contributed by atoms with E-state index in [1.165, 1.54) is 5.57 Å². The van der Waals surface area contributed by atoms with Gasteiger partial charge in [-0.25, -0.2) is 0 Å². The van der Waals surface area contributed by atoms with E-state index in [-0.39, 0.29) is 0 Å². The highest BCUT2D eigenvalue weighted by molar-refractivity contribution is 5.13. The molecule has 2 rings (SSSR count).